The molecule has 1 atom stereocenters. The van der Waals surface area contributed by atoms with E-state index in [0.29, 0.717) is 17.8 Å². The minimum absolute atomic E-state index is 0.246. The zero-order valence-corrected chi connectivity index (χ0v) is 9.24. The highest BCUT2D eigenvalue weighted by molar-refractivity contribution is 5.60. The predicted molar refractivity (Wildman–Crippen MR) is 66.0 cm³/mol. The molecule has 0 amide bonds. The zero-order valence-electron chi connectivity index (χ0n) is 9.24. The lowest BCUT2D eigenvalue weighted by atomic mass is 10.0. The van der Waals surface area contributed by atoms with E-state index in [4.69, 9.17) is 11.5 Å². The van der Waals surface area contributed by atoms with Crippen molar-refractivity contribution in [2.24, 2.45) is 0 Å². The van der Waals surface area contributed by atoms with E-state index in [-0.39, 0.29) is 5.82 Å². The fourth-order valence-electron chi connectivity index (χ4n) is 1.59. The van der Waals surface area contributed by atoms with E-state index in [2.05, 4.69) is 9.97 Å². The number of rotatable bonds is 3. The maximum absolute atomic E-state index is 10.0. The van der Waals surface area contributed by atoms with Crippen LogP contribution in [0.25, 0.3) is 0 Å². The van der Waals surface area contributed by atoms with Gasteiger partial charge in [0.05, 0.1) is 17.5 Å². The summed E-state index contributed by atoms with van der Waals surface area (Å²) in [5.74, 6) is 0.246. The maximum Gasteiger partial charge on any atom is 0.150 e. The monoisotopic (exact) mass is 230 g/mol. The Morgan fingerprint density at radius 2 is 1.82 bits per heavy atom. The Kier molecular flexibility index (Phi) is 3.20. The number of anilines is 2. The molecule has 0 saturated carbocycles. The molecule has 0 bridgehead atoms. The molecular weight excluding hydrogens is 216 g/mol. The Morgan fingerprint density at radius 3 is 2.53 bits per heavy atom. The fraction of sp³-hybridized carbons (Fsp3) is 0.167. The number of aliphatic hydroxyl groups excluding tert-OH is 1. The van der Waals surface area contributed by atoms with Crippen molar-refractivity contribution in [2.75, 3.05) is 11.5 Å². The highest BCUT2D eigenvalue weighted by atomic mass is 16.3. The highest BCUT2D eigenvalue weighted by Crippen LogP contribution is 2.22. The molecular formula is C12H14N4O. The van der Waals surface area contributed by atoms with Crippen LogP contribution in [0.15, 0.2) is 36.7 Å². The molecule has 5 nitrogen and oxygen atoms in total. The van der Waals surface area contributed by atoms with Crippen LogP contribution >= 0.6 is 0 Å². The number of hydrogen-bond acceptors (Lipinski definition) is 5. The molecule has 0 aliphatic heterocycles. The summed E-state index contributed by atoms with van der Waals surface area (Å²) in [6.07, 6.45) is 1.02. The van der Waals surface area contributed by atoms with E-state index < -0.39 is 6.10 Å². The summed E-state index contributed by atoms with van der Waals surface area (Å²) >= 11 is 0. The molecule has 5 heteroatoms. The first-order valence-electron chi connectivity index (χ1n) is 5.26. The van der Waals surface area contributed by atoms with Crippen molar-refractivity contribution in [3.05, 3.63) is 47.9 Å². The number of nitrogens with zero attached hydrogens (tertiary/aromatic N) is 2. The normalized spacial score (nSPS) is 12.3. The molecule has 0 spiro atoms. The van der Waals surface area contributed by atoms with Gasteiger partial charge in [-0.2, -0.15) is 0 Å². The van der Waals surface area contributed by atoms with Gasteiger partial charge >= 0.3 is 0 Å². The van der Waals surface area contributed by atoms with Crippen LogP contribution in [-0.2, 0) is 6.42 Å². The first-order valence-corrected chi connectivity index (χ1v) is 5.26. The molecule has 0 fully saturated rings. The Labute approximate surface area is 99.1 Å². The molecule has 17 heavy (non-hydrogen) atoms. The number of nitrogens with two attached hydrogens (primary N) is 2. The molecule has 1 unspecified atom stereocenters. The van der Waals surface area contributed by atoms with Gasteiger partial charge in [0.1, 0.15) is 12.1 Å². The van der Waals surface area contributed by atoms with Crippen molar-refractivity contribution >= 4 is 11.5 Å². The third-order valence-corrected chi connectivity index (χ3v) is 2.57. The average Bonchev–Trinajstić information content (AvgIpc) is 2.36. The van der Waals surface area contributed by atoms with Crippen LogP contribution in [0.5, 0.6) is 0 Å². The molecule has 1 heterocycles. The largest absolute Gasteiger partial charge is 0.394 e. The smallest absolute Gasteiger partial charge is 0.150 e. The molecule has 88 valence electrons. The fourth-order valence-corrected chi connectivity index (χ4v) is 1.59. The summed E-state index contributed by atoms with van der Waals surface area (Å²) in [5.41, 5.74) is 13.0. The first kappa shape index (κ1) is 11.3. The maximum atomic E-state index is 10.0. The van der Waals surface area contributed by atoms with Gasteiger partial charge in [-0.3, -0.25) is 0 Å². The van der Waals surface area contributed by atoms with Gasteiger partial charge < -0.3 is 16.6 Å². The van der Waals surface area contributed by atoms with E-state index >= 15 is 0 Å². The minimum atomic E-state index is -0.646. The van der Waals surface area contributed by atoms with Crippen molar-refractivity contribution in [2.45, 2.75) is 12.5 Å². The molecule has 1 aromatic heterocycles. The molecule has 2 rings (SSSR count). The van der Waals surface area contributed by atoms with Crippen LogP contribution in [0.4, 0.5) is 11.5 Å². The summed E-state index contributed by atoms with van der Waals surface area (Å²) in [4.78, 5) is 7.81. The highest BCUT2D eigenvalue weighted by Gasteiger charge is 2.12. The van der Waals surface area contributed by atoms with E-state index in [1.54, 1.807) is 0 Å². The predicted octanol–water partition coefficient (Wildman–Crippen LogP) is 0.917. The molecule has 0 saturated heterocycles. The van der Waals surface area contributed by atoms with Gasteiger partial charge in [0.2, 0.25) is 0 Å². The molecule has 2 aromatic rings. The molecule has 0 radical (unpaired) electrons. The number of aliphatic hydroxyl groups is 1. The van der Waals surface area contributed by atoms with Gasteiger partial charge in [-0.05, 0) is 5.56 Å². The van der Waals surface area contributed by atoms with E-state index in [0.717, 1.165) is 5.56 Å². The Balaban J connectivity index is 2.19. The van der Waals surface area contributed by atoms with Gasteiger partial charge in [-0.25, -0.2) is 9.97 Å². The van der Waals surface area contributed by atoms with Crippen LogP contribution in [0.1, 0.15) is 17.4 Å². The number of aromatic nitrogens is 2. The van der Waals surface area contributed by atoms with Crippen molar-refractivity contribution in [3.8, 4) is 0 Å². The number of benzene rings is 1. The summed E-state index contributed by atoms with van der Waals surface area (Å²) < 4.78 is 0. The quantitative estimate of drug-likeness (QED) is 0.728. The van der Waals surface area contributed by atoms with Crippen molar-refractivity contribution in [1.29, 1.82) is 0 Å². The lowest BCUT2D eigenvalue weighted by Gasteiger charge is -2.12. The Hall–Kier alpha value is -2.14. The van der Waals surface area contributed by atoms with Gasteiger partial charge in [-0.1, -0.05) is 30.3 Å². The second-order valence-corrected chi connectivity index (χ2v) is 3.75. The number of hydrogen-bond donors (Lipinski definition) is 3. The van der Waals surface area contributed by atoms with E-state index in [9.17, 15) is 5.11 Å². The van der Waals surface area contributed by atoms with Gasteiger partial charge in [0, 0.05) is 6.42 Å². The second-order valence-electron chi connectivity index (χ2n) is 3.75. The van der Waals surface area contributed by atoms with Crippen LogP contribution in [0.3, 0.4) is 0 Å². The lowest BCUT2D eigenvalue weighted by Crippen LogP contribution is -2.09. The Bertz CT molecular complexity index is 501. The topological polar surface area (TPSA) is 98.0 Å². The summed E-state index contributed by atoms with van der Waals surface area (Å²) in [5, 5.41) is 10.0. The van der Waals surface area contributed by atoms with Gasteiger partial charge in [-0.15, -0.1) is 0 Å². The Morgan fingerprint density at radius 1 is 1.12 bits per heavy atom. The van der Waals surface area contributed by atoms with Crippen molar-refractivity contribution in [1.82, 2.24) is 9.97 Å². The van der Waals surface area contributed by atoms with Gasteiger partial charge in [0.15, 0.2) is 0 Å². The molecule has 0 aliphatic carbocycles. The second kappa shape index (κ2) is 4.80. The third kappa shape index (κ3) is 2.51. The molecule has 5 N–H and O–H groups in total. The van der Waals surface area contributed by atoms with Crippen LogP contribution in [-0.4, -0.2) is 15.1 Å². The van der Waals surface area contributed by atoms with Crippen LogP contribution in [0, 0.1) is 0 Å². The van der Waals surface area contributed by atoms with Crippen molar-refractivity contribution in [3.63, 3.8) is 0 Å². The SMILES string of the molecule is Nc1ncnc(CC(O)c2ccccc2)c1N. The third-order valence-electron chi connectivity index (χ3n) is 2.57. The van der Waals surface area contributed by atoms with Gasteiger partial charge in [0.25, 0.3) is 0 Å². The summed E-state index contributed by atoms with van der Waals surface area (Å²) in [6, 6.07) is 9.34. The minimum Gasteiger partial charge on any atom is -0.394 e. The van der Waals surface area contributed by atoms with E-state index in [1.165, 1.54) is 6.33 Å². The molecule has 1 aromatic carbocycles. The van der Waals surface area contributed by atoms with E-state index in [1.807, 2.05) is 30.3 Å². The lowest BCUT2D eigenvalue weighted by molar-refractivity contribution is 0.177. The number of nitrogen functional groups attached to an aromatic ring is 2. The van der Waals surface area contributed by atoms with Crippen LogP contribution in [0.2, 0.25) is 0 Å². The molecule has 0 aliphatic rings. The summed E-state index contributed by atoms with van der Waals surface area (Å²) in [7, 11) is 0. The standard InChI is InChI=1S/C12H14N4O/c13-11-9(15-7-16-12(11)14)6-10(17)8-4-2-1-3-5-8/h1-5,7,10,17H,6,13H2,(H2,14,15,16). The zero-order chi connectivity index (χ0) is 12.3. The van der Waals surface area contributed by atoms with Crippen LogP contribution < -0.4 is 11.5 Å². The van der Waals surface area contributed by atoms with Crippen molar-refractivity contribution < 1.29 is 5.11 Å². The summed E-state index contributed by atoms with van der Waals surface area (Å²) in [6.45, 7) is 0. The average molecular weight is 230 g/mol. The first-order chi connectivity index (χ1) is 8.18.